The molecule has 1 N–H and O–H groups in total. The summed E-state index contributed by atoms with van der Waals surface area (Å²) in [6.45, 7) is 10.4. The Bertz CT molecular complexity index is 1030. The number of piperazine rings is 1. The van der Waals surface area contributed by atoms with E-state index in [1.54, 1.807) is 0 Å². The van der Waals surface area contributed by atoms with Crippen molar-refractivity contribution in [2.45, 2.75) is 83.9 Å². The number of carbonyl (C=O) groups is 2. The lowest BCUT2D eigenvalue weighted by Gasteiger charge is -2.63. The number of fused-ring (bicyclic) bond motifs is 5. The molecule has 0 radical (unpaired) electrons. The van der Waals surface area contributed by atoms with E-state index in [9.17, 15) is 14.7 Å². The summed E-state index contributed by atoms with van der Waals surface area (Å²) in [5.74, 6) is 1.69. The lowest BCUT2D eigenvalue weighted by atomic mass is 9.44. The van der Waals surface area contributed by atoms with Gasteiger partial charge in [-0.3, -0.25) is 19.4 Å². The fourth-order valence-electron chi connectivity index (χ4n) is 10.3. The maximum atomic E-state index is 12.1. The highest BCUT2D eigenvalue weighted by Gasteiger charge is 2.63. The Hall–Kier alpha value is -1.92. The summed E-state index contributed by atoms with van der Waals surface area (Å²) in [7, 11) is 0. The summed E-state index contributed by atoms with van der Waals surface area (Å²) in [5, 5.41) is 9.92. The second kappa shape index (κ2) is 9.92. The molecule has 0 spiro atoms. The molecular weight excluding hydrogens is 476 g/mol. The first kappa shape index (κ1) is 26.3. The molecule has 4 saturated carbocycles. The predicted molar refractivity (Wildman–Crippen MR) is 146 cm³/mol. The van der Waals surface area contributed by atoms with Crippen LogP contribution in [0.15, 0.2) is 30.3 Å². The van der Waals surface area contributed by atoms with Crippen LogP contribution in [0.5, 0.6) is 0 Å². The predicted octanol–water partition coefficient (Wildman–Crippen LogP) is 5.42. The number of aliphatic carboxylic acids is 1. The van der Waals surface area contributed by atoms with E-state index in [1.807, 2.05) is 0 Å². The number of benzene rings is 1. The van der Waals surface area contributed by atoms with Crippen molar-refractivity contribution in [3.8, 4) is 0 Å². The van der Waals surface area contributed by atoms with Crippen LogP contribution in [-0.4, -0.2) is 59.3 Å². The Labute approximate surface area is 228 Å². The summed E-state index contributed by atoms with van der Waals surface area (Å²) in [5.41, 5.74) is 1.11. The van der Waals surface area contributed by atoms with Gasteiger partial charge in [0.1, 0.15) is 0 Å². The van der Waals surface area contributed by atoms with Gasteiger partial charge in [-0.25, -0.2) is 0 Å². The van der Waals surface area contributed by atoms with Crippen LogP contribution in [-0.2, 0) is 20.9 Å². The highest BCUT2D eigenvalue weighted by atomic mass is 16.6. The summed E-state index contributed by atoms with van der Waals surface area (Å²) in [6, 6.07) is 10.7. The number of carbonyl (C=O) groups excluding carboxylic acids is 1. The molecule has 0 aromatic heterocycles. The van der Waals surface area contributed by atoms with Crippen molar-refractivity contribution in [3.05, 3.63) is 35.9 Å². The first-order chi connectivity index (χ1) is 18.3. The van der Waals surface area contributed by atoms with E-state index in [1.165, 1.54) is 18.4 Å². The van der Waals surface area contributed by atoms with Crippen molar-refractivity contribution in [2.24, 2.45) is 40.4 Å². The van der Waals surface area contributed by atoms with E-state index in [-0.39, 0.29) is 16.7 Å². The topological polar surface area (TPSA) is 70.1 Å². The van der Waals surface area contributed by atoms with Crippen LogP contribution in [0.4, 0.5) is 0 Å². The highest BCUT2D eigenvalue weighted by molar-refractivity contribution is 5.71. The number of hydrogen-bond acceptors (Lipinski definition) is 5. The van der Waals surface area contributed by atoms with Crippen LogP contribution in [0.2, 0.25) is 0 Å². The normalized spacial score (nSPS) is 43.5. The van der Waals surface area contributed by atoms with E-state index < -0.39 is 11.7 Å². The highest BCUT2D eigenvalue weighted by Crippen LogP contribution is 2.68. The quantitative estimate of drug-likeness (QED) is 0.504. The van der Waals surface area contributed by atoms with Gasteiger partial charge in [0.05, 0.1) is 5.92 Å². The molecule has 1 aromatic carbocycles. The third kappa shape index (κ3) is 4.21. The third-order valence-electron chi connectivity index (χ3n) is 12.4. The molecule has 8 atom stereocenters. The average molecular weight is 523 g/mol. The van der Waals surface area contributed by atoms with E-state index in [4.69, 9.17) is 4.74 Å². The number of carboxylic acid groups (broad SMARTS) is 1. The molecule has 38 heavy (non-hydrogen) atoms. The van der Waals surface area contributed by atoms with Gasteiger partial charge in [-0.05, 0) is 85.0 Å². The van der Waals surface area contributed by atoms with Gasteiger partial charge >= 0.3 is 5.97 Å². The fraction of sp³-hybridized carbons (Fsp3) is 0.750. The molecule has 1 saturated heterocycles. The fourth-order valence-corrected chi connectivity index (χ4v) is 10.3. The molecule has 1 heterocycles. The SMILES string of the molecule is C[C@]12CCC(OC=O)(N3CCN(Cc4ccccc4)CC3)CC1CC[C@@H]1[C@@H]2CC[C@]2(C)C(C(=O)O)CC[C@@H]12. The van der Waals surface area contributed by atoms with Gasteiger partial charge in [0.25, 0.3) is 6.47 Å². The van der Waals surface area contributed by atoms with Crippen LogP contribution in [0.1, 0.15) is 77.2 Å². The molecule has 5 aliphatic rings. The summed E-state index contributed by atoms with van der Waals surface area (Å²) >= 11 is 0. The van der Waals surface area contributed by atoms with Crippen molar-refractivity contribution < 1.29 is 19.4 Å². The lowest BCUT2D eigenvalue weighted by Crippen LogP contribution is -2.63. The Morgan fingerprint density at radius 3 is 2.39 bits per heavy atom. The molecule has 6 heteroatoms. The van der Waals surface area contributed by atoms with Gasteiger partial charge in [0, 0.05) is 45.6 Å². The van der Waals surface area contributed by atoms with Crippen molar-refractivity contribution in [1.82, 2.24) is 9.80 Å². The van der Waals surface area contributed by atoms with Crippen molar-refractivity contribution in [2.75, 3.05) is 26.2 Å². The van der Waals surface area contributed by atoms with Crippen molar-refractivity contribution in [1.29, 1.82) is 0 Å². The maximum absolute atomic E-state index is 12.1. The van der Waals surface area contributed by atoms with Gasteiger partial charge in [0.2, 0.25) is 0 Å². The van der Waals surface area contributed by atoms with Crippen molar-refractivity contribution >= 4 is 12.4 Å². The third-order valence-corrected chi connectivity index (χ3v) is 12.4. The molecule has 1 aliphatic heterocycles. The summed E-state index contributed by atoms with van der Waals surface area (Å²) in [4.78, 5) is 28.9. The molecule has 0 amide bonds. The van der Waals surface area contributed by atoms with Crippen LogP contribution in [0.3, 0.4) is 0 Å². The minimum absolute atomic E-state index is 0.0331. The van der Waals surface area contributed by atoms with Crippen LogP contribution >= 0.6 is 0 Å². The zero-order valence-electron chi connectivity index (χ0n) is 23.3. The van der Waals surface area contributed by atoms with Gasteiger partial charge in [-0.2, -0.15) is 0 Å². The standard InChI is InChI=1S/C32H46N2O4/c1-30-14-15-32(38-22-35,34-18-16-33(17-19-34)21-23-6-4-3-5-7-23)20-24(30)8-9-25-26-10-11-28(29(36)37)31(26,2)13-12-27(25)30/h3-7,22,24-28H,8-21H2,1-2H3,(H,36,37)/t24?,25-,26-,27-,28?,30-,31-,32?/m0/s1. The molecule has 3 unspecified atom stereocenters. The van der Waals surface area contributed by atoms with Crippen LogP contribution in [0, 0.1) is 40.4 Å². The van der Waals surface area contributed by atoms with E-state index >= 15 is 0 Å². The van der Waals surface area contributed by atoms with E-state index in [2.05, 4.69) is 54.0 Å². The zero-order valence-corrected chi connectivity index (χ0v) is 23.3. The Balaban J connectivity index is 1.15. The molecule has 5 fully saturated rings. The Morgan fingerprint density at radius 1 is 0.947 bits per heavy atom. The van der Waals surface area contributed by atoms with Crippen molar-refractivity contribution in [3.63, 3.8) is 0 Å². The smallest absolute Gasteiger partial charge is 0.307 e. The maximum Gasteiger partial charge on any atom is 0.307 e. The molecule has 208 valence electrons. The van der Waals surface area contributed by atoms with E-state index in [0.29, 0.717) is 30.1 Å². The largest absolute Gasteiger partial charge is 0.481 e. The van der Waals surface area contributed by atoms with Gasteiger partial charge in [-0.15, -0.1) is 0 Å². The molecular formula is C32H46N2O4. The second-order valence-corrected chi connectivity index (χ2v) is 13.8. The van der Waals surface area contributed by atoms with Gasteiger partial charge in [0.15, 0.2) is 5.72 Å². The summed E-state index contributed by atoms with van der Waals surface area (Å²) < 4.78 is 6.08. The minimum atomic E-state index is -0.578. The van der Waals surface area contributed by atoms with E-state index in [0.717, 1.165) is 77.7 Å². The molecule has 1 aromatic rings. The lowest BCUT2D eigenvalue weighted by molar-refractivity contribution is -0.220. The minimum Gasteiger partial charge on any atom is -0.481 e. The molecule has 0 bridgehead atoms. The number of nitrogens with zero attached hydrogens (tertiary/aromatic N) is 2. The van der Waals surface area contributed by atoms with Crippen LogP contribution < -0.4 is 0 Å². The number of hydrogen-bond donors (Lipinski definition) is 1. The molecule has 4 aliphatic carbocycles. The van der Waals surface area contributed by atoms with Crippen LogP contribution in [0.25, 0.3) is 0 Å². The average Bonchev–Trinajstić information content (AvgIpc) is 3.28. The zero-order chi connectivity index (χ0) is 26.5. The number of carboxylic acids is 1. The number of rotatable bonds is 6. The molecule has 6 rings (SSSR count). The number of ether oxygens (including phenoxy) is 1. The summed E-state index contributed by atoms with van der Waals surface area (Å²) in [6.07, 6.45) is 9.51. The monoisotopic (exact) mass is 522 g/mol. The Morgan fingerprint density at radius 2 is 1.68 bits per heavy atom. The first-order valence-electron chi connectivity index (χ1n) is 15.1. The Kier molecular flexibility index (Phi) is 6.87. The van der Waals surface area contributed by atoms with Gasteiger partial charge in [-0.1, -0.05) is 44.2 Å². The second-order valence-electron chi connectivity index (χ2n) is 13.8. The molecule has 6 nitrogen and oxygen atoms in total. The van der Waals surface area contributed by atoms with Gasteiger partial charge < -0.3 is 9.84 Å². The first-order valence-corrected chi connectivity index (χ1v) is 15.1.